The molecule has 5 nitrogen and oxygen atoms in total. The first-order chi connectivity index (χ1) is 10.2. The molecule has 6 heteroatoms. The molecule has 0 fully saturated rings. The van der Waals surface area contributed by atoms with Gasteiger partial charge < -0.3 is 14.6 Å². The van der Waals surface area contributed by atoms with Crippen LogP contribution < -0.4 is 9.47 Å². The molecule has 1 aromatic heterocycles. The van der Waals surface area contributed by atoms with E-state index in [1.54, 1.807) is 10.9 Å². The molecule has 0 spiro atoms. The molecule has 0 saturated carbocycles. The number of aliphatic hydroxyl groups excluding tert-OH is 1. The van der Waals surface area contributed by atoms with Crippen LogP contribution in [0.25, 0.3) is 0 Å². The van der Waals surface area contributed by atoms with E-state index in [0.29, 0.717) is 28.8 Å². The number of aromatic nitrogens is 2. The van der Waals surface area contributed by atoms with Crippen LogP contribution in [0.2, 0.25) is 5.02 Å². The molecule has 2 unspecified atom stereocenters. The Bertz CT molecular complexity index is 629. The Morgan fingerprint density at radius 1 is 1.43 bits per heavy atom. The Kier molecular flexibility index (Phi) is 4.03. The van der Waals surface area contributed by atoms with Crippen LogP contribution in [0.5, 0.6) is 11.5 Å². The Labute approximate surface area is 128 Å². The number of nitrogens with zero attached hydrogens (tertiary/aromatic N) is 2. The lowest BCUT2D eigenvalue weighted by atomic mass is 10.1. The number of aliphatic hydroxyl groups is 1. The minimum Gasteiger partial charge on any atom is -0.486 e. The maximum absolute atomic E-state index is 10.6. The highest BCUT2D eigenvalue weighted by Crippen LogP contribution is 2.35. The summed E-state index contributed by atoms with van der Waals surface area (Å²) < 4.78 is 13.2. The molecule has 3 rings (SSSR count). The third-order valence-electron chi connectivity index (χ3n) is 3.43. The zero-order valence-electron chi connectivity index (χ0n) is 11.7. The molecule has 0 bridgehead atoms. The van der Waals surface area contributed by atoms with Crippen LogP contribution in [-0.2, 0) is 6.54 Å². The fraction of sp³-hybridized carbons (Fsp3) is 0.400. The summed E-state index contributed by atoms with van der Waals surface area (Å²) in [6.45, 7) is 3.01. The van der Waals surface area contributed by atoms with Gasteiger partial charge in [0.15, 0.2) is 17.6 Å². The predicted octanol–water partition coefficient (Wildman–Crippen LogP) is 2.82. The quantitative estimate of drug-likeness (QED) is 0.943. The van der Waals surface area contributed by atoms with Crippen LogP contribution in [0.4, 0.5) is 0 Å². The topological polar surface area (TPSA) is 56.5 Å². The van der Waals surface area contributed by atoms with Crippen molar-refractivity contribution < 1.29 is 14.6 Å². The summed E-state index contributed by atoms with van der Waals surface area (Å²) in [6, 6.07) is 7.41. The maximum Gasteiger partial charge on any atom is 0.164 e. The molecule has 2 aromatic rings. The lowest BCUT2D eigenvalue weighted by molar-refractivity contribution is -0.0153. The van der Waals surface area contributed by atoms with Crippen molar-refractivity contribution in [1.82, 2.24) is 9.78 Å². The standard InChI is InChI=1S/C15H17ClN2O3/c1-2-7-18-14(10(16)8-17-18)15(19)13-9-20-11-5-3-4-6-12(11)21-13/h3-6,8,13,15,19H,2,7,9H2,1H3. The number of hydrogen-bond acceptors (Lipinski definition) is 4. The van der Waals surface area contributed by atoms with E-state index in [-0.39, 0.29) is 6.61 Å². The summed E-state index contributed by atoms with van der Waals surface area (Å²) >= 11 is 6.16. The SMILES string of the molecule is CCCn1ncc(Cl)c1C(O)C1COc2ccccc2O1. The lowest BCUT2D eigenvalue weighted by Crippen LogP contribution is -2.36. The van der Waals surface area contributed by atoms with Crippen LogP contribution in [-0.4, -0.2) is 27.6 Å². The monoisotopic (exact) mass is 308 g/mol. The molecule has 1 aromatic carbocycles. The first-order valence-electron chi connectivity index (χ1n) is 6.98. The van der Waals surface area contributed by atoms with Gasteiger partial charge in [-0.3, -0.25) is 4.68 Å². The fourth-order valence-electron chi connectivity index (χ4n) is 2.42. The molecule has 2 heterocycles. The van der Waals surface area contributed by atoms with Gasteiger partial charge in [-0.05, 0) is 18.6 Å². The molecular weight excluding hydrogens is 292 g/mol. The highest BCUT2D eigenvalue weighted by molar-refractivity contribution is 6.31. The third-order valence-corrected chi connectivity index (χ3v) is 3.72. The number of hydrogen-bond donors (Lipinski definition) is 1. The van der Waals surface area contributed by atoms with Crippen molar-refractivity contribution >= 4 is 11.6 Å². The van der Waals surface area contributed by atoms with Gasteiger partial charge in [-0.15, -0.1) is 0 Å². The summed E-state index contributed by atoms with van der Waals surface area (Å²) in [7, 11) is 0. The summed E-state index contributed by atoms with van der Waals surface area (Å²) in [4.78, 5) is 0. The van der Waals surface area contributed by atoms with Crippen molar-refractivity contribution in [2.45, 2.75) is 32.1 Å². The van der Waals surface area contributed by atoms with Crippen molar-refractivity contribution in [3.8, 4) is 11.5 Å². The Morgan fingerprint density at radius 3 is 2.95 bits per heavy atom. The van der Waals surface area contributed by atoms with E-state index >= 15 is 0 Å². The third kappa shape index (κ3) is 2.71. The first-order valence-corrected chi connectivity index (χ1v) is 7.36. The fourth-order valence-corrected chi connectivity index (χ4v) is 2.68. The predicted molar refractivity (Wildman–Crippen MR) is 78.8 cm³/mol. The second kappa shape index (κ2) is 5.95. The van der Waals surface area contributed by atoms with E-state index in [1.165, 1.54) is 0 Å². The van der Waals surface area contributed by atoms with Gasteiger partial charge in [0.1, 0.15) is 12.7 Å². The van der Waals surface area contributed by atoms with Gasteiger partial charge in [0, 0.05) is 6.54 Å². The smallest absolute Gasteiger partial charge is 0.164 e. The minimum atomic E-state index is -0.889. The largest absolute Gasteiger partial charge is 0.486 e. The number of para-hydroxylation sites is 2. The molecule has 1 aliphatic heterocycles. The summed E-state index contributed by atoms with van der Waals surface area (Å²) in [5, 5.41) is 15.2. The molecule has 112 valence electrons. The van der Waals surface area contributed by atoms with Gasteiger partial charge in [-0.1, -0.05) is 30.7 Å². The Hall–Kier alpha value is -1.72. The summed E-state index contributed by atoms with van der Waals surface area (Å²) in [5.41, 5.74) is 0.575. The number of rotatable bonds is 4. The van der Waals surface area contributed by atoms with Crippen molar-refractivity contribution in [1.29, 1.82) is 0 Å². The Morgan fingerprint density at radius 2 is 2.19 bits per heavy atom. The maximum atomic E-state index is 10.6. The van der Waals surface area contributed by atoms with Crippen molar-refractivity contribution in [3.05, 3.63) is 41.2 Å². The molecular formula is C15H17ClN2O3. The molecule has 1 aliphatic rings. The second-order valence-electron chi connectivity index (χ2n) is 4.96. The van der Waals surface area contributed by atoms with Crippen LogP contribution in [0.3, 0.4) is 0 Å². The van der Waals surface area contributed by atoms with E-state index < -0.39 is 12.2 Å². The summed E-state index contributed by atoms with van der Waals surface area (Å²) in [6.07, 6.45) is 1.06. The van der Waals surface area contributed by atoms with Gasteiger partial charge in [-0.25, -0.2) is 0 Å². The molecule has 21 heavy (non-hydrogen) atoms. The summed E-state index contributed by atoms with van der Waals surface area (Å²) in [5.74, 6) is 1.32. The molecule has 0 amide bonds. The number of fused-ring (bicyclic) bond motifs is 1. The van der Waals surface area contributed by atoms with Crippen LogP contribution in [0, 0.1) is 0 Å². The van der Waals surface area contributed by atoms with E-state index in [2.05, 4.69) is 5.10 Å². The van der Waals surface area contributed by atoms with Crippen molar-refractivity contribution in [2.75, 3.05) is 6.61 Å². The van der Waals surface area contributed by atoms with E-state index in [9.17, 15) is 5.11 Å². The molecule has 0 radical (unpaired) electrons. The second-order valence-corrected chi connectivity index (χ2v) is 5.37. The van der Waals surface area contributed by atoms with Gasteiger partial charge in [0.2, 0.25) is 0 Å². The lowest BCUT2D eigenvalue weighted by Gasteiger charge is -2.30. The molecule has 0 aliphatic carbocycles. The highest BCUT2D eigenvalue weighted by Gasteiger charge is 2.32. The van der Waals surface area contributed by atoms with E-state index in [0.717, 1.165) is 6.42 Å². The van der Waals surface area contributed by atoms with Crippen LogP contribution in [0.15, 0.2) is 30.5 Å². The molecule has 1 N–H and O–H groups in total. The van der Waals surface area contributed by atoms with E-state index in [1.807, 2.05) is 31.2 Å². The van der Waals surface area contributed by atoms with Crippen molar-refractivity contribution in [2.24, 2.45) is 0 Å². The van der Waals surface area contributed by atoms with Crippen LogP contribution >= 0.6 is 11.6 Å². The first kappa shape index (κ1) is 14.2. The van der Waals surface area contributed by atoms with Crippen molar-refractivity contribution in [3.63, 3.8) is 0 Å². The number of ether oxygens (including phenoxy) is 2. The van der Waals surface area contributed by atoms with Crippen LogP contribution in [0.1, 0.15) is 25.1 Å². The average Bonchev–Trinajstić information content (AvgIpc) is 2.87. The van der Waals surface area contributed by atoms with E-state index in [4.69, 9.17) is 21.1 Å². The zero-order chi connectivity index (χ0) is 14.8. The zero-order valence-corrected chi connectivity index (χ0v) is 12.5. The normalized spacial score (nSPS) is 18.5. The van der Waals surface area contributed by atoms with Gasteiger partial charge in [0.05, 0.1) is 16.9 Å². The minimum absolute atomic E-state index is 0.270. The number of halogens is 1. The average molecular weight is 309 g/mol. The van der Waals surface area contributed by atoms with Gasteiger partial charge in [-0.2, -0.15) is 5.10 Å². The van der Waals surface area contributed by atoms with Gasteiger partial charge in [0.25, 0.3) is 0 Å². The molecule has 2 atom stereocenters. The Balaban J connectivity index is 1.84. The number of benzene rings is 1. The number of aryl methyl sites for hydroxylation is 1. The molecule has 0 saturated heterocycles. The van der Waals surface area contributed by atoms with Gasteiger partial charge >= 0.3 is 0 Å². The highest BCUT2D eigenvalue weighted by atomic mass is 35.5.